The lowest BCUT2D eigenvalue weighted by Gasteiger charge is -2.19. The summed E-state index contributed by atoms with van der Waals surface area (Å²) in [7, 11) is 0. The fourth-order valence-corrected chi connectivity index (χ4v) is 2.83. The molecule has 0 aliphatic carbocycles. The van der Waals surface area contributed by atoms with Crippen LogP contribution in [0.3, 0.4) is 0 Å². The molecule has 0 fully saturated rings. The average Bonchev–Trinajstić information content (AvgIpc) is 2.64. The van der Waals surface area contributed by atoms with Crippen molar-refractivity contribution in [3.63, 3.8) is 0 Å². The lowest BCUT2D eigenvalue weighted by atomic mass is 9.92. The standard InChI is InChI=1S/C22H36O3/c1-3-5-7-11-15-22(23)21(14-6-4-2)16-17-24-19-25-18-20-12-9-8-10-13-20/h8-10,12-13,16-17,21-23H,3-7,11,14-15,18-19H2,1-2H3/b17-16+/t21-,22-/m1/s1. The van der Waals surface area contributed by atoms with Gasteiger partial charge in [-0.15, -0.1) is 0 Å². The van der Waals surface area contributed by atoms with Gasteiger partial charge >= 0.3 is 0 Å². The van der Waals surface area contributed by atoms with E-state index in [1.54, 1.807) is 6.26 Å². The molecule has 1 rings (SSSR count). The van der Waals surface area contributed by atoms with E-state index in [1.807, 2.05) is 36.4 Å². The van der Waals surface area contributed by atoms with Crippen molar-refractivity contribution in [1.29, 1.82) is 0 Å². The van der Waals surface area contributed by atoms with Crippen LogP contribution in [0.4, 0.5) is 0 Å². The first kappa shape index (κ1) is 21.7. The van der Waals surface area contributed by atoms with Gasteiger partial charge in [-0.05, 0) is 24.5 Å². The molecule has 3 nitrogen and oxygen atoms in total. The number of aliphatic hydroxyl groups excluding tert-OH is 1. The predicted molar refractivity (Wildman–Crippen MR) is 104 cm³/mol. The third kappa shape index (κ3) is 11.0. The molecule has 0 spiro atoms. The number of ether oxygens (including phenoxy) is 2. The second-order valence-electron chi connectivity index (χ2n) is 6.67. The van der Waals surface area contributed by atoms with Gasteiger partial charge in [-0.2, -0.15) is 0 Å². The zero-order valence-corrected chi connectivity index (χ0v) is 16.0. The Kier molecular flexibility index (Phi) is 13.0. The zero-order valence-electron chi connectivity index (χ0n) is 16.0. The normalized spacial score (nSPS) is 13.9. The average molecular weight is 349 g/mol. The monoisotopic (exact) mass is 348 g/mol. The molecule has 0 saturated heterocycles. The zero-order chi connectivity index (χ0) is 18.2. The Morgan fingerprint density at radius 3 is 2.44 bits per heavy atom. The van der Waals surface area contributed by atoms with Gasteiger partial charge in [0.25, 0.3) is 0 Å². The summed E-state index contributed by atoms with van der Waals surface area (Å²) in [5.74, 6) is 0.177. The van der Waals surface area contributed by atoms with Gasteiger partial charge in [0.05, 0.1) is 19.0 Å². The molecule has 0 radical (unpaired) electrons. The molecule has 0 amide bonds. The van der Waals surface area contributed by atoms with Crippen LogP contribution in [0.2, 0.25) is 0 Å². The molecule has 1 N–H and O–H groups in total. The lowest BCUT2D eigenvalue weighted by molar-refractivity contribution is -0.0215. The molecule has 0 bridgehead atoms. The van der Waals surface area contributed by atoms with Gasteiger partial charge in [0.1, 0.15) is 0 Å². The van der Waals surface area contributed by atoms with Crippen LogP contribution in [0.5, 0.6) is 0 Å². The van der Waals surface area contributed by atoms with E-state index in [-0.39, 0.29) is 18.8 Å². The van der Waals surface area contributed by atoms with Crippen LogP contribution in [0.25, 0.3) is 0 Å². The Morgan fingerprint density at radius 2 is 1.72 bits per heavy atom. The van der Waals surface area contributed by atoms with Gasteiger partial charge < -0.3 is 14.6 Å². The number of benzene rings is 1. The molecule has 0 saturated carbocycles. The molecule has 1 aromatic carbocycles. The molecule has 0 aliphatic rings. The van der Waals surface area contributed by atoms with E-state index in [9.17, 15) is 5.11 Å². The third-order valence-corrected chi connectivity index (χ3v) is 4.42. The summed E-state index contributed by atoms with van der Waals surface area (Å²) < 4.78 is 10.9. The maximum Gasteiger partial charge on any atom is 0.188 e. The van der Waals surface area contributed by atoms with Crippen molar-refractivity contribution >= 4 is 0 Å². The minimum absolute atomic E-state index is 0.177. The molecule has 25 heavy (non-hydrogen) atoms. The fourth-order valence-electron chi connectivity index (χ4n) is 2.83. The van der Waals surface area contributed by atoms with E-state index in [2.05, 4.69) is 13.8 Å². The Balaban J connectivity index is 2.26. The van der Waals surface area contributed by atoms with Gasteiger partial charge in [-0.25, -0.2) is 0 Å². The first-order chi connectivity index (χ1) is 12.3. The highest BCUT2D eigenvalue weighted by molar-refractivity contribution is 5.13. The maximum absolute atomic E-state index is 10.4. The van der Waals surface area contributed by atoms with Crippen LogP contribution in [0.15, 0.2) is 42.7 Å². The SMILES string of the molecule is CCCCCC[C@@H](O)[C@@H](/C=C/OCOCc1ccccc1)CCCC. The highest BCUT2D eigenvalue weighted by Crippen LogP contribution is 2.20. The van der Waals surface area contributed by atoms with Gasteiger partial charge in [0.2, 0.25) is 0 Å². The molecule has 0 aromatic heterocycles. The quantitative estimate of drug-likeness (QED) is 0.246. The van der Waals surface area contributed by atoms with Gasteiger partial charge in [0.15, 0.2) is 6.79 Å². The summed E-state index contributed by atoms with van der Waals surface area (Å²) >= 11 is 0. The van der Waals surface area contributed by atoms with Crippen molar-refractivity contribution in [1.82, 2.24) is 0 Å². The number of unbranched alkanes of at least 4 members (excludes halogenated alkanes) is 4. The van der Waals surface area contributed by atoms with Crippen LogP contribution in [0, 0.1) is 5.92 Å². The predicted octanol–water partition coefficient (Wildman–Crippen LogP) is 5.83. The van der Waals surface area contributed by atoms with E-state index in [0.717, 1.165) is 37.7 Å². The van der Waals surface area contributed by atoms with Crippen molar-refractivity contribution in [2.75, 3.05) is 6.79 Å². The molecule has 2 atom stereocenters. The highest BCUT2D eigenvalue weighted by Gasteiger charge is 2.15. The largest absolute Gasteiger partial charge is 0.475 e. The smallest absolute Gasteiger partial charge is 0.188 e. The lowest BCUT2D eigenvalue weighted by Crippen LogP contribution is -2.18. The van der Waals surface area contributed by atoms with Crippen LogP contribution < -0.4 is 0 Å². The number of rotatable bonds is 15. The van der Waals surface area contributed by atoms with Crippen molar-refractivity contribution in [3.05, 3.63) is 48.2 Å². The van der Waals surface area contributed by atoms with E-state index in [1.165, 1.54) is 19.3 Å². The summed E-state index contributed by atoms with van der Waals surface area (Å²) in [5.41, 5.74) is 1.14. The summed E-state index contributed by atoms with van der Waals surface area (Å²) in [4.78, 5) is 0. The fraction of sp³-hybridized carbons (Fsp3) is 0.636. The molecule has 142 valence electrons. The molecule has 0 heterocycles. The molecular weight excluding hydrogens is 312 g/mol. The third-order valence-electron chi connectivity index (χ3n) is 4.42. The minimum Gasteiger partial charge on any atom is -0.475 e. The first-order valence-electron chi connectivity index (χ1n) is 9.85. The summed E-state index contributed by atoms with van der Waals surface area (Å²) in [6.45, 7) is 5.18. The van der Waals surface area contributed by atoms with E-state index >= 15 is 0 Å². The number of aliphatic hydroxyl groups is 1. The van der Waals surface area contributed by atoms with Crippen LogP contribution in [0.1, 0.15) is 70.8 Å². The molecular formula is C22H36O3. The van der Waals surface area contributed by atoms with Crippen LogP contribution in [-0.4, -0.2) is 18.0 Å². The number of hydrogen-bond acceptors (Lipinski definition) is 3. The Labute approximate surface area is 154 Å². The summed E-state index contributed by atoms with van der Waals surface area (Å²) in [6, 6.07) is 10.1. The van der Waals surface area contributed by atoms with Crippen molar-refractivity contribution in [2.45, 2.75) is 77.9 Å². The molecule has 1 aromatic rings. The van der Waals surface area contributed by atoms with E-state index in [4.69, 9.17) is 9.47 Å². The Morgan fingerprint density at radius 1 is 0.960 bits per heavy atom. The van der Waals surface area contributed by atoms with E-state index < -0.39 is 0 Å². The minimum atomic E-state index is -0.270. The van der Waals surface area contributed by atoms with Crippen molar-refractivity contribution < 1.29 is 14.6 Å². The van der Waals surface area contributed by atoms with Crippen LogP contribution >= 0.6 is 0 Å². The second kappa shape index (κ2) is 15.0. The van der Waals surface area contributed by atoms with Gasteiger partial charge in [-0.3, -0.25) is 0 Å². The maximum atomic E-state index is 10.4. The van der Waals surface area contributed by atoms with Crippen LogP contribution in [-0.2, 0) is 16.1 Å². The Hall–Kier alpha value is -1.32. The van der Waals surface area contributed by atoms with Crippen molar-refractivity contribution in [2.24, 2.45) is 5.92 Å². The van der Waals surface area contributed by atoms with Gasteiger partial charge in [0, 0.05) is 5.92 Å². The molecule has 0 aliphatic heterocycles. The molecule has 0 unspecified atom stereocenters. The summed E-state index contributed by atoms with van der Waals surface area (Å²) in [6.07, 6.45) is 12.4. The topological polar surface area (TPSA) is 38.7 Å². The highest BCUT2D eigenvalue weighted by atomic mass is 16.7. The summed E-state index contributed by atoms with van der Waals surface area (Å²) in [5, 5.41) is 10.4. The molecule has 3 heteroatoms. The Bertz CT molecular complexity index is 430. The number of hydrogen-bond donors (Lipinski definition) is 1. The van der Waals surface area contributed by atoms with Crippen molar-refractivity contribution in [3.8, 4) is 0 Å². The second-order valence-corrected chi connectivity index (χ2v) is 6.67. The first-order valence-corrected chi connectivity index (χ1v) is 9.85. The van der Waals surface area contributed by atoms with Gasteiger partial charge in [-0.1, -0.05) is 82.7 Å². The van der Waals surface area contributed by atoms with E-state index in [0.29, 0.717) is 6.61 Å².